The maximum absolute atomic E-state index is 12.0. The molecule has 3 rings (SSSR count). The minimum Gasteiger partial charge on any atom is -0.318 e. The molecule has 0 saturated carbocycles. The van der Waals surface area contributed by atoms with Gasteiger partial charge in [0.25, 0.3) is 0 Å². The number of hydrogen-bond donors (Lipinski definition) is 1. The summed E-state index contributed by atoms with van der Waals surface area (Å²) in [4.78, 5) is 12.0. The lowest BCUT2D eigenvalue weighted by atomic mass is 10.1. The van der Waals surface area contributed by atoms with Gasteiger partial charge in [-0.1, -0.05) is 46.3 Å². The van der Waals surface area contributed by atoms with Crippen LogP contribution in [0.1, 0.15) is 22.5 Å². The van der Waals surface area contributed by atoms with Gasteiger partial charge in [0.1, 0.15) is 0 Å². The van der Waals surface area contributed by atoms with Gasteiger partial charge in [0.15, 0.2) is 0 Å². The molecule has 5 heteroatoms. The van der Waals surface area contributed by atoms with E-state index in [0.29, 0.717) is 6.42 Å². The monoisotopic (exact) mass is 409 g/mol. The lowest BCUT2D eigenvalue weighted by Crippen LogP contribution is -2.19. The van der Waals surface area contributed by atoms with Gasteiger partial charge in [0.05, 0.1) is 12.6 Å². The summed E-state index contributed by atoms with van der Waals surface area (Å²) in [6, 6.07) is 19.9. The van der Waals surface area contributed by atoms with E-state index in [1.807, 2.05) is 49.4 Å². The second-order valence-electron chi connectivity index (χ2n) is 6.09. The number of rotatable bonds is 5. The van der Waals surface area contributed by atoms with E-state index in [-0.39, 0.29) is 5.91 Å². The lowest BCUT2D eigenvalue weighted by Gasteiger charge is -2.08. The van der Waals surface area contributed by atoms with Gasteiger partial charge in [-0.15, -0.1) is 0 Å². The first kappa shape index (κ1) is 18.1. The van der Waals surface area contributed by atoms with Crippen LogP contribution in [0.3, 0.4) is 0 Å². The number of hydrazone groups is 1. The number of nitrogens with one attached hydrogen (secondary N) is 1. The molecule has 0 spiro atoms. The van der Waals surface area contributed by atoms with Crippen molar-refractivity contribution >= 4 is 28.1 Å². The molecule has 2 aromatic carbocycles. The van der Waals surface area contributed by atoms with Gasteiger partial charge in [0, 0.05) is 27.1 Å². The van der Waals surface area contributed by atoms with Crippen LogP contribution >= 0.6 is 15.9 Å². The molecule has 0 bridgehead atoms. The molecule has 0 radical (unpaired) electrons. The van der Waals surface area contributed by atoms with Crippen molar-refractivity contribution in [3.63, 3.8) is 0 Å². The minimum atomic E-state index is -0.138. The van der Waals surface area contributed by atoms with Gasteiger partial charge in [-0.05, 0) is 49.7 Å². The van der Waals surface area contributed by atoms with Gasteiger partial charge in [-0.2, -0.15) is 5.10 Å². The Hall–Kier alpha value is -2.66. The molecule has 132 valence electrons. The van der Waals surface area contributed by atoms with E-state index < -0.39 is 0 Å². The second-order valence-corrected chi connectivity index (χ2v) is 7.01. The molecule has 0 saturated heterocycles. The van der Waals surface area contributed by atoms with Crippen molar-refractivity contribution in [3.05, 3.63) is 87.7 Å². The Morgan fingerprint density at radius 2 is 1.81 bits per heavy atom. The van der Waals surface area contributed by atoms with E-state index in [1.165, 1.54) is 0 Å². The van der Waals surface area contributed by atoms with Crippen LogP contribution in [-0.2, 0) is 11.2 Å². The smallest absolute Gasteiger partial charge is 0.244 e. The van der Waals surface area contributed by atoms with Crippen LogP contribution in [0.5, 0.6) is 0 Å². The number of halogens is 1. The fourth-order valence-electron chi connectivity index (χ4n) is 2.89. The molecular formula is C21H20BrN3O. The second kappa shape index (κ2) is 8.15. The number of para-hydroxylation sites is 1. The van der Waals surface area contributed by atoms with Crippen molar-refractivity contribution in [2.24, 2.45) is 5.10 Å². The van der Waals surface area contributed by atoms with E-state index in [2.05, 4.69) is 56.1 Å². The first-order valence-corrected chi connectivity index (χ1v) is 9.14. The third-order valence-electron chi connectivity index (χ3n) is 4.16. The molecule has 0 aliphatic heterocycles. The number of aromatic nitrogens is 1. The van der Waals surface area contributed by atoms with Gasteiger partial charge >= 0.3 is 0 Å². The highest BCUT2D eigenvalue weighted by atomic mass is 79.9. The van der Waals surface area contributed by atoms with E-state index in [4.69, 9.17) is 0 Å². The van der Waals surface area contributed by atoms with E-state index in [1.54, 1.807) is 6.21 Å². The summed E-state index contributed by atoms with van der Waals surface area (Å²) in [5, 5.41) is 4.12. The summed E-state index contributed by atoms with van der Waals surface area (Å²) in [6.07, 6.45) is 1.99. The van der Waals surface area contributed by atoms with Gasteiger partial charge in [-0.25, -0.2) is 5.43 Å². The standard InChI is InChI=1S/C21H20BrN3O/c1-15-12-18(16(2)25(15)20-6-4-3-5-7-20)14-23-24-21(26)13-17-8-10-19(22)11-9-17/h3-12,14H,13H2,1-2H3,(H,24,26)/b23-14-. The first-order chi connectivity index (χ1) is 12.5. The summed E-state index contributed by atoms with van der Waals surface area (Å²) < 4.78 is 3.17. The van der Waals surface area contributed by atoms with Gasteiger partial charge in [0.2, 0.25) is 5.91 Å². The zero-order chi connectivity index (χ0) is 18.5. The van der Waals surface area contributed by atoms with Crippen molar-refractivity contribution in [3.8, 4) is 5.69 Å². The van der Waals surface area contributed by atoms with E-state index in [0.717, 1.165) is 32.7 Å². The highest BCUT2D eigenvalue weighted by Crippen LogP contribution is 2.19. The zero-order valence-electron chi connectivity index (χ0n) is 14.7. The molecule has 1 N–H and O–H groups in total. The summed E-state index contributed by atoms with van der Waals surface area (Å²) >= 11 is 3.38. The van der Waals surface area contributed by atoms with Crippen LogP contribution in [0.25, 0.3) is 5.69 Å². The third-order valence-corrected chi connectivity index (χ3v) is 4.68. The minimum absolute atomic E-state index is 0.138. The maximum atomic E-state index is 12.0. The quantitative estimate of drug-likeness (QED) is 0.487. The summed E-state index contributed by atoms with van der Waals surface area (Å²) in [7, 11) is 0. The number of carbonyl (C=O) groups is 1. The highest BCUT2D eigenvalue weighted by molar-refractivity contribution is 9.10. The van der Waals surface area contributed by atoms with Crippen LogP contribution in [-0.4, -0.2) is 16.7 Å². The molecule has 26 heavy (non-hydrogen) atoms. The Morgan fingerprint density at radius 1 is 1.12 bits per heavy atom. The normalized spacial score (nSPS) is 11.0. The average Bonchev–Trinajstić information content (AvgIpc) is 2.91. The van der Waals surface area contributed by atoms with Crippen LogP contribution in [0.2, 0.25) is 0 Å². The summed E-state index contributed by atoms with van der Waals surface area (Å²) in [5.74, 6) is -0.138. The average molecular weight is 410 g/mol. The fraction of sp³-hybridized carbons (Fsp3) is 0.143. The number of amides is 1. The van der Waals surface area contributed by atoms with Crippen LogP contribution in [0, 0.1) is 13.8 Å². The highest BCUT2D eigenvalue weighted by Gasteiger charge is 2.09. The molecule has 1 amide bonds. The maximum Gasteiger partial charge on any atom is 0.244 e. The Kier molecular flexibility index (Phi) is 5.68. The summed E-state index contributed by atoms with van der Waals surface area (Å²) in [6.45, 7) is 4.11. The molecule has 0 atom stereocenters. The Bertz CT molecular complexity index is 928. The number of aryl methyl sites for hydroxylation is 1. The predicted molar refractivity (Wildman–Crippen MR) is 109 cm³/mol. The number of hydrogen-bond acceptors (Lipinski definition) is 2. The molecular weight excluding hydrogens is 390 g/mol. The summed E-state index contributed by atoms with van der Waals surface area (Å²) in [5.41, 5.74) is 7.85. The Labute approximate surface area is 161 Å². The third kappa shape index (κ3) is 4.29. The van der Waals surface area contributed by atoms with Gasteiger partial charge in [-0.3, -0.25) is 4.79 Å². The van der Waals surface area contributed by atoms with Crippen LogP contribution in [0.4, 0.5) is 0 Å². The number of carbonyl (C=O) groups excluding carboxylic acids is 1. The molecule has 0 unspecified atom stereocenters. The Morgan fingerprint density at radius 3 is 2.50 bits per heavy atom. The van der Waals surface area contributed by atoms with Crippen LogP contribution in [0.15, 0.2) is 70.2 Å². The lowest BCUT2D eigenvalue weighted by molar-refractivity contribution is -0.120. The van der Waals surface area contributed by atoms with E-state index in [9.17, 15) is 4.79 Å². The van der Waals surface area contributed by atoms with Crippen molar-refractivity contribution in [1.82, 2.24) is 9.99 Å². The molecule has 1 aromatic heterocycles. The Balaban J connectivity index is 1.67. The predicted octanol–water partition coefficient (Wildman–Crippen LogP) is 4.55. The van der Waals surface area contributed by atoms with E-state index >= 15 is 0 Å². The first-order valence-electron chi connectivity index (χ1n) is 8.35. The van der Waals surface area contributed by atoms with Crippen molar-refractivity contribution in [2.75, 3.05) is 0 Å². The molecule has 0 aliphatic rings. The SMILES string of the molecule is Cc1cc(/C=N\NC(=O)Cc2ccc(Br)cc2)c(C)n1-c1ccccc1. The largest absolute Gasteiger partial charge is 0.318 e. The molecule has 4 nitrogen and oxygen atoms in total. The zero-order valence-corrected chi connectivity index (χ0v) is 16.3. The fourth-order valence-corrected chi connectivity index (χ4v) is 3.16. The number of nitrogens with zero attached hydrogens (tertiary/aromatic N) is 2. The molecule has 3 aromatic rings. The van der Waals surface area contributed by atoms with Crippen molar-refractivity contribution in [1.29, 1.82) is 0 Å². The van der Waals surface area contributed by atoms with Crippen molar-refractivity contribution in [2.45, 2.75) is 20.3 Å². The molecule has 1 heterocycles. The molecule has 0 aliphatic carbocycles. The van der Waals surface area contributed by atoms with Crippen molar-refractivity contribution < 1.29 is 4.79 Å². The van der Waals surface area contributed by atoms with Crippen LogP contribution < -0.4 is 5.43 Å². The molecule has 0 fully saturated rings. The topological polar surface area (TPSA) is 46.4 Å². The van der Waals surface area contributed by atoms with Gasteiger partial charge < -0.3 is 4.57 Å². The number of benzene rings is 2.